The van der Waals surface area contributed by atoms with Gasteiger partial charge >= 0.3 is 18.0 Å². The molecule has 0 bridgehead atoms. The van der Waals surface area contributed by atoms with Gasteiger partial charge in [-0.3, -0.25) is 4.79 Å². The normalized spacial score (nSPS) is 16.6. The Morgan fingerprint density at radius 1 is 1.19 bits per heavy atom. The van der Waals surface area contributed by atoms with Gasteiger partial charge in [-0.25, -0.2) is 9.59 Å². The molecule has 1 atom stereocenters. The first kappa shape index (κ1) is 20.1. The van der Waals surface area contributed by atoms with Crippen molar-refractivity contribution in [3.63, 3.8) is 0 Å². The molecule has 0 spiro atoms. The van der Waals surface area contributed by atoms with E-state index in [-0.39, 0.29) is 30.9 Å². The van der Waals surface area contributed by atoms with Crippen LogP contribution in [0, 0.1) is 0 Å². The minimum absolute atomic E-state index is 0.0271. The lowest BCUT2D eigenvalue weighted by molar-refractivity contribution is -0.143. The van der Waals surface area contributed by atoms with Crippen molar-refractivity contribution in [3.05, 3.63) is 45.1 Å². The largest absolute Gasteiger partial charge is 0.463 e. The Balaban J connectivity index is 2.07. The van der Waals surface area contributed by atoms with Crippen LogP contribution in [0.5, 0.6) is 0 Å². The third-order valence-electron chi connectivity index (χ3n) is 3.58. The van der Waals surface area contributed by atoms with Crippen LogP contribution in [-0.2, 0) is 25.5 Å². The summed E-state index contributed by atoms with van der Waals surface area (Å²) in [7, 11) is 0. The van der Waals surface area contributed by atoms with Gasteiger partial charge in [-0.05, 0) is 31.5 Å². The topological polar surface area (TPSA) is 93.7 Å². The number of hydrogen-bond acceptors (Lipinski definition) is 5. The molecule has 0 aliphatic carbocycles. The van der Waals surface area contributed by atoms with Crippen LogP contribution in [0.4, 0.5) is 4.79 Å². The highest BCUT2D eigenvalue weighted by atomic mass is 35.5. The monoisotopic (exact) mass is 400 g/mol. The average Bonchev–Trinajstić information content (AvgIpc) is 2.56. The number of ether oxygens (including phenoxy) is 2. The first-order valence-corrected chi connectivity index (χ1v) is 8.64. The first-order valence-electron chi connectivity index (χ1n) is 7.89. The van der Waals surface area contributed by atoms with Crippen LogP contribution in [0.15, 0.2) is 29.5 Å². The average molecular weight is 401 g/mol. The number of carbonyl (C=O) groups is 3. The van der Waals surface area contributed by atoms with Gasteiger partial charge in [0.15, 0.2) is 0 Å². The second-order valence-corrected chi connectivity index (χ2v) is 6.33. The molecule has 9 heteroatoms. The standard InChI is InChI=1S/C17H18Cl2N2O5/c1-3-25-16(23)15-9(2)20-17(24)21-13(15)8-26-14(22)7-10-4-5-11(18)12(19)6-10/h4-6,9H,3,7-8H2,1-2H3,(H2,20,21,24)/t9-/m0/s1. The number of amides is 2. The number of nitrogens with one attached hydrogen (secondary N) is 2. The molecular weight excluding hydrogens is 383 g/mol. The Bertz CT molecular complexity index is 764. The molecule has 2 N–H and O–H groups in total. The van der Waals surface area contributed by atoms with Gasteiger partial charge in [0.2, 0.25) is 0 Å². The van der Waals surface area contributed by atoms with Crippen molar-refractivity contribution >= 4 is 41.2 Å². The molecule has 0 unspecified atom stereocenters. The van der Waals surface area contributed by atoms with Gasteiger partial charge in [0.05, 0.1) is 40.4 Å². The van der Waals surface area contributed by atoms with Gasteiger partial charge in [0.1, 0.15) is 6.61 Å². The summed E-state index contributed by atoms with van der Waals surface area (Å²) >= 11 is 11.7. The molecule has 1 aliphatic heterocycles. The van der Waals surface area contributed by atoms with E-state index in [2.05, 4.69) is 10.6 Å². The number of benzene rings is 1. The van der Waals surface area contributed by atoms with E-state index in [1.807, 2.05) is 0 Å². The highest BCUT2D eigenvalue weighted by Crippen LogP contribution is 2.23. The molecule has 0 saturated heterocycles. The molecule has 1 aromatic rings. The van der Waals surface area contributed by atoms with E-state index in [1.165, 1.54) is 0 Å². The van der Waals surface area contributed by atoms with Gasteiger partial charge in [0.25, 0.3) is 0 Å². The van der Waals surface area contributed by atoms with E-state index >= 15 is 0 Å². The van der Waals surface area contributed by atoms with E-state index in [4.69, 9.17) is 32.7 Å². The fourth-order valence-corrected chi connectivity index (χ4v) is 2.73. The van der Waals surface area contributed by atoms with Gasteiger partial charge < -0.3 is 20.1 Å². The number of carbonyl (C=O) groups excluding carboxylic acids is 3. The fraction of sp³-hybridized carbons (Fsp3) is 0.353. The van der Waals surface area contributed by atoms with Crippen LogP contribution >= 0.6 is 23.2 Å². The third kappa shape index (κ3) is 5.12. The van der Waals surface area contributed by atoms with Crippen molar-refractivity contribution in [1.82, 2.24) is 10.6 Å². The second kappa shape index (κ2) is 8.91. The fourth-order valence-electron chi connectivity index (χ4n) is 2.41. The Morgan fingerprint density at radius 2 is 1.92 bits per heavy atom. The zero-order chi connectivity index (χ0) is 19.3. The van der Waals surface area contributed by atoms with Crippen LogP contribution in [-0.4, -0.2) is 37.2 Å². The number of rotatable bonds is 6. The smallest absolute Gasteiger partial charge is 0.338 e. The molecule has 1 heterocycles. The molecule has 1 aliphatic rings. The molecule has 7 nitrogen and oxygen atoms in total. The van der Waals surface area contributed by atoms with E-state index in [1.54, 1.807) is 32.0 Å². The Morgan fingerprint density at radius 3 is 2.58 bits per heavy atom. The summed E-state index contributed by atoms with van der Waals surface area (Å²) in [4.78, 5) is 35.8. The minimum atomic E-state index is -0.581. The van der Waals surface area contributed by atoms with Gasteiger partial charge in [-0.1, -0.05) is 29.3 Å². The SMILES string of the molecule is CCOC(=O)C1=C(COC(=O)Cc2ccc(Cl)c(Cl)c2)NC(=O)N[C@H]1C. The Labute approximate surface area is 160 Å². The van der Waals surface area contributed by atoms with Crippen molar-refractivity contribution < 1.29 is 23.9 Å². The number of halogens is 2. The summed E-state index contributed by atoms with van der Waals surface area (Å²) < 4.78 is 10.2. The predicted molar refractivity (Wildman–Crippen MR) is 95.9 cm³/mol. The van der Waals surface area contributed by atoms with E-state index in [9.17, 15) is 14.4 Å². The van der Waals surface area contributed by atoms with E-state index < -0.39 is 24.0 Å². The van der Waals surface area contributed by atoms with Crippen LogP contribution in [0.2, 0.25) is 10.0 Å². The van der Waals surface area contributed by atoms with Crippen molar-refractivity contribution in [3.8, 4) is 0 Å². The number of hydrogen-bond donors (Lipinski definition) is 2. The first-order chi connectivity index (χ1) is 12.3. The third-order valence-corrected chi connectivity index (χ3v) is 4.31. The second-order valence-electron chi connectivity index (χ2n) is 5.52. The van der Waals surface area contributed by atoms with Crippen molar-refractivity contribution in [2.75, 3.05) is 13.2 Å². The van der Waals surface area contributed by atoms with Gasteiger partial charge in [-0.15, -0.1) is 0 Å². The minimum Gasteiger partial charge on any atom is -0.463 e. The molecule has 2 amide bonds. The predicted octanol–water partition coefficient (Wildman–Crippen LogP) is 2.60. The molecule has 0 saturated carbocycles. The number of esters is 2. The number of urea groups is 1. The molecule has 1 aromatic carbocycles. The summed E-state index contributed by atoms with van der Waals surface area (Å²) in [5.74, 6) is -1.12. The lowest BCUT2D eigenvalue weighted by Crippen LogP contribution is -2.50. The molecule has 0 radical (unpaired) electrons. The van der Waals surface area contributed by atoms with Crippen molar-refractivity contribution in [1.29, 1.82) is 0 Å². The van der Waals surface area contributed by atoms with Crippen molar-refractivity contribution in [2.45, 2.75) is 26.3 Å². The highest BCUT2D eigenvalue weighted by molar-refractivity contribution is 6.42. The van der Waals surface area contributed by atoms with Crippen LogP contribution < -0.4 is 10.6 Å². The lowest BCUT2D eigenvalue weighted by Gasteiger charge is -2.26. The highest BCUT2D eigenvalue weighted by Gasteiger charge is 2.30. The molecule has 26 heavy (non-hydrogen) atoms. The zero-order valence-corrected chi connectivity index (χ0v) is 15.7. The summed E-state index contributed by atoms with van der Waals surface area (Å²) in [6.45, 7) is 3.25. The maximum Gasteiger partial charge on any atom is 0.338 e. The van der Waals surface area contributed by atoms with E-state index in [0.717, 1.165) is 0 Å². The summed E-state index contributed by atoms with van der Waals surface area (Å²) in [5, 5.41) is 5.77. The molecule has 2 rings (SSSR count). The molecular formula is C17H18Cl2N2O5. The van der Waals surface area contributed by atoms with Crippen LogP contribution in [0.3, 0.4) is 0 Å². The van der Waals surface area contributed by atoms with Gasteiger partial charge in [0, 0.05) is 0 Å². The van der Waals surface area contributed by atoms with Crippen LogP contribution in [0.25, 0.3) is 0 Å². The summed E-state index contributed by atoms with van der Waals surface area (Å²) in [6, 6.07) is 3.77. The maximum absolute atomic E-state index is 12.1. The summed E-state index contributed by atoms with van der Waals surface area (Å²) in [6.07, 6.45) is -0.0271. The zero-order valence-electron chi connectivity index (χ0n) is 14.2. The molecule has 140 valence electrons. The Kier molecular flexibility index (Phi) is 6.88. The lowest BCUT2D eigenvalue weighted by atomic mass is 10.0. The summed E-state index contributed by atoms with van der Waals surface area (Å²) in [5.41, 5.74) is 1.04. The molecule has 0 aromatic heterocycles. The maximum atomic E-state index is 12.1. The van der Waals surface area contributed by atoms with Crippen molar-refractivity contribution in [2.24, 2.45) is 0 Å². The molecule has 0 fully saturated rings. The Hall–Kier alpha value is -2.25. The van der Waals surface area contributed by atoms with Gasteiger partial charge in [-0.2, -0.15) is 0 Å². The quantitative estimate of drug-likeness (QED) is 0.715. The van der Waals surface area contributed by atoms with Crippen LogP contribution in [0.1, 0.15) is 19.4 Å². The van der Waals surface area contributed by atoms with E-state index in [0.29, 0.717) is 15.6 Å².